The van der Waals surface area contributed by atoms with E-state index in [1.807, 2.05) is 0 Å². The minimum atomic E-state index is -1.50. The number of nitrogens with one attached hydrogen (secondary N) is 1. The number of aliphatic carboxylic acids is 1. The molecule has 5 nitrogen and oxygen atoms in total. The molecule has 0 saturated carbocycles. The molecule has 1 aromatic rings. The second-order valence-electron chi connectivity index (χ2n) is 2.09. The summed E-state index contributed by atoms with van der Waals surface area (Å²) in [6, 6.07) is 1.60. The molecule has 0 unspecified atom stereocenters. The second kappa shape index (κ2) is 3.31. The molecular formula is C6H6N2O3S. The van der Waals surface area contributed by atoms with Crippen LogP contribution in [-0.4, -0.2) is 21.4 Å². The van der Waals surface area contributed by atoms with Crippen LogP contribution in [0.3, 0.4) is 0 Å². The lowest BCUT2D eigenvalue weighted by molar-refractivity contribution is -0.147. The van der Waals surface area contributed by atoms with Gasteiger partial charge < -0.3 is 10.4 Å². The molecule has 1 heterocycles. The summed E-state index contributed by atoms with van der Waals surface area (Å²) >= 11 is 1.05. The third-order valence-corrected chi connectivity index (χ3v) is 1.85. The summed E-state index contributed by atoms with van der Waals surface area (Å²) in [5, 5.41) is 10.8. The molecular weight excluding hydrogens is 180 g/mol. The standard InChI is InChI=1S/C6H6N2O3S/c1-3-2-4(12-8-3)7-5(9)6(10)11/h2H,1H3,(H,7,9)(H,10,11). The van der Waals surface area contributed by atoms with Gasteiger partial charge in [0.25, 0.3) is 0 Å². The smallest absolute Gasteiger partial charge is 0.394 e. The van der Waals surface area contributed by atoms with Crippen LogP contribution in [0.25, 0.3) is 0 Å². The molecule has 0 bridgehead atoms. The van der Waals surface area contributed by atoms with E-state index in [0.717, 1.165) is 17.2 Å². The summed E-state index contributed by atoms with van der Waals surface area (Å²) in [6.45, 7) is 1.76. The normalized spacial score (nSPS) is 9.42. The number of carboxylic acid groups (broad SMARTS) is 1. The topological polar surface area (TPSA) is 79.3 Å². The fraction of sp³-hybridized carbons (Fsp3) is 0.167. The van der Waals surface area contributed by atoms with Gasteiger partial charge in [0.2, 0.25) is 0 Å². The zero-order valence-electron chi connectivity index (χ0n) is 6.20. The number of carbonyl (C=O) groups is 2. The van der Waals surface area contributed by atoms with E-state index >= 15 is 0 Å². The number of hydrogen-bond donors (Lipinski definition) is 2. The van der Waals surface area contributed by atoms with E-state index in [0.29, 0.717) is 5.00 Å². The molecule has 0 radical (unpaired) electrons. The Kier molecular flexibility index (Phi) is 2.39. The summed E-state index contributed by atoms with van der Waals surface area (Å²) in [5.74, 6) is -2.54. The number of aryl methyl sites for hydroxylation is 1. The molecule has 0 atom stereocenters. The van der Waals surface area contributed by atoms with Gasteiger partial charge in [0.05, 0.1) is 5.69 Å². The van der Waals surface area contributed by atoms with Gasteiger partial charge in [-0.15, -0.1) is 0 Å². The first kappa shape index (κ1) is 8.66. The van der Waals surface area contributed by atoms with E-state index in [4.69, 9.17) is 5.11 Å². The Balaban J connectivity index is 2.64. The molecule has 64 valence electrons. The zero-order valence-corrected chi connectivity index (χ0v) is 7.01. The maximum Gasteiger partial charge on any atom is 0.394 e. The highest BCUT2D eigenvalue weighted by Crippen LogP contribution is 2.14. The molecule has 1 rings (SSSR count). The van der Waals surface area contributed by atoms with Gasteiger partial charge in [-0.05, 0) is 24.5 Å². The Labute approximate surface area is 72.2 Å². The molecule has 0 aliphatic rings. The molecule has 0 spiro atoms. The number of rotatable bonds is 1. The van der Waals surface area contributed by atoms with E-state index in [2.05, 4.69) is 9.69 Å². The lowest BCUT2D eigenvalue weighted by Crippen LogP contribution is -2.21. The van der Waals surface area contributed by atoms with Crippen molar-refractivity contribution in [2.75, 3.05) is 5.32 Å². The van der Waals surface area contributed by atoms with Crippen LogP contribution in [0.4, 0.5) is 5.00 Å². The number of hydrogen-bond acceptors (Lipinski definition) is 4. The first-order valence-corrected chi connectivity index (χ1v) is 3.84. The van der Waals surface area contributed by atoms with Gasteiger partial charge in [-0.3, -0.25) is 4.79 Å². The van der Waals surface area contributed by atoms with Crippen LogP contribution in [0.5, 0.6) is 0 Å². The predicted molar refractivity (Wildman–Crippen MR) is 43.1 cm³/mol. The Bertz CT molecular complexity index is 320. The monoisotopic (exact) mass is 186 g/mol. The van der Waals surface area contributed by atoms with Gasteiger partial charge >= 0.3 is 11.9 Å². The molecule has 0 fully saturated rings. The van der Waals surface area contributed by atoms with Crippen molar-refractivity contribution in [3.63, 3.8) is 0 Å². The number of amides is 1. The first-order valence-electron chi connectivity index (χ1n) is 3.07. The van der Waals surface area contributed by atoms with Crippen molar-refractivity contribution in [2.24, 2.45) is 0 Å². The quantitative estimate of drug-likeness (QED) is 0.625. The summed E-state index contributed by atoms with van der Waals surface area (Å²) in [4.78, 5) is 20.7. The third kappa shape index (κ3) is 2.03. The lowest BCUT2D eigenvalue weighted by Gasteiger charge is -1.93. The largest absolute Gasteiger partial charge is 0.474 e. The third-order valence-electron chi connectivity index (χ3n) is 1.06. The Morgan fingerprint density at radius 1 is 1.67 bits per heavy atom. The van der Waals surface area contributed by atoms with E-state index in [-0.39, 0.29) is 0 Å². The fourth-order valence-electron chi connectivity index (χ4n) is 0.588. The number of nitrogens with zero attached hydrogens (tertiary/aromatic N) is 1. The number of aromatic nitrogens is 1. The lowest BCUT2D eigenvalue weighted by atomic mass is 10.5. The molecule has 1 aromatic heterocycles. The van der Waals surface area contributed by atoms with Gasteiger partial charge in [-0.25, -0.2) is 4.79 Å². The minimum absolute atomic E-state index is 0.444. The van der Waals surface area contributed by atoms with Crippen molar-refractivity contribution >= 4 is 28.4 Å². The predicted octanol–water partition coefficient (Wildman–Crippen LogP) is 0.475. The molecule has 1 amide bonds. The first-order chi connectivity index (χ1) is 5.59. The van der Waals surface area contributed by atoms with Crippen LogP contribution >= 0.6 is 11.5 Å². The molecule has 0 saturated heterocycles. The highest BCUT2D eigenvalue weighted by molar-refractivity contribution is 7.10. The van der Waals surface area contributed by atoms with Gasteiger partial charge in [-0.2, -0.15) is 4.37 Å². The van der Waals surface area contributed by atoms with Crippen molar-refractivity contribution in [2.45, 2.75) is 6.92 Å². The van der Waals surface area contributed by atoms with Crippen molar-refractivity contribution in [3.05, 3.63) is 11.8 Å². The van der Waals surface area contributed by atoms with Crippen LogP contribution in [-0.2, 0) is 9.59 Å². The number of carbonyl (C=O) groups excluding carboxylic acids is 1. The minimum Gasteiger partial charge on any atom is -0.474 e. The van der Waals surface area contributed by atoms with Crippen LogP contribution in [0.1, 0.15) is 5.69 Å². The van der Waals surface area contributed by atoms with Crippen LogP contribution in [0.2, 0.25) is 0 Å². The zero-order chi connectivity index (χ0) is 9.14. The SMILES string of the molecule is Cc1cc(NC(=O)C(=O)O)sn1. The van der Waals surface area contributed by atoms with E-state index in [1.165, 1.54) is 0 Å². The average Bonchev–Trinajstić information content (AvgIpc) is 2.35. The Morgan fingerprint density at radius 3 is 2.75 bits per heavy atom. The van der Waals surface area contributed by atoms with Crippen molar-refractivity contribution < 1.29 is 14.7 Å². The summed E-state index contributed by atoms with van der Waals surface area (Å²) in [5.41, 5.74) is 0.751. The van der Waals surface area contributed by atoms with Gasteiger partial charge in [0.15, 0.2) is 0 Å². The second-order valence-corrected chi connectivity index (χ2v) is 2.90. The summed E-state index contributed by atoms with van der Waals surface area (Å²) in [6.07, 6.45) is 0. The summed E-state index contributed by atoms with van der Waals surface area (Å²) in [7, 11) is 0. The number of anilines is 1. The highest BCUT2D eigenvalue weighted by atomic mass is 32.1. The number of carboxylic acids is 1. The van der Waals surface area contributed by atoms with Crippen LogP contribution in [0, 0.1) is 6.92 Å². The summed E-state index contributed by atoms with van der Waals surface area (Å²) < 4.78 is 3.86. The maximum absolute atomic E-state index is 10.6. The Morgan fingerprint density at radius 2 is 2.33 bits per heavy atom. The van der Waals surface area contributed by atoms with Gasteiger partial charge in [0, 0.05) is 0 Å². The fourth-order valence-corrected chi connectivity index (χ4v) is 1.24. The van der Waals surface area contributed by atoms with Crippen molar-refractivity contribution in [1.82, 2.24) is 4.37 Å². The molecule has 6 heteroatoms. The molecule has 12 heavy (non-hydrogen) atoms. The van der Waals surface area contributed by atoms with Crippen LogP contribution < -0.4 is 5.32 Å². The van der Waals surface area contributed by atoms with Crippen LogP contribution in [0.15, 0.2) is 6.07 Å². The van der Waals surface area contributed by atoms with E-state index in [1.54, 1.807) is 13.0 Å². The van der Waals surface area contributed by atoms with Gasteiger partial charge in [-0.1, -0.05) is 0 Å². The van der Waals surface area contributed by atoms with Gasteiger partial charge in [0.1, 0.15) is 5.00 Å². The molecule has 2 N–H and O–H groups in total. The van der Waals surface area contributed by atoms with E-state index in [9.17, 15) is 9.59 Å². The maximum atomic E-state index is 10.6. The van der Waals surface area contributed by atoms with Crippen molar-refractivity contribution in [1.29, 1.82) is 0 Å². The van der Waals surface area contributed by atoms with E-state index < -0.39 is 11.9 Å². The molecule has 0 aliphatic carbocycles. The average molecular weight is 186 g/mol. The molecule has 0 aliphatic heterocycles. The molecule has 0 aromatic carbocycles. The highest BCUT2D eigenvalue weighted by Gasteiger charge is 2.11. The Hall–Kier alpha value is -1.43. The van der Waals surface area contributed by atoms with Crippen molar-refractivity contribution in [3.8, 4) is 0 Å².